The summed E-state index contributed by atoms with van der Waals surface area (Å²) in [5.74, 6) is 1.82. The summed E-state index contributed by atoms with van der Waals surface area (Å²) in [5, 5.41) is 1.37. The van der Waals surface area contributed by atoms with Crippen LogP contribution in [-0.2, 0) is 35.8 Å². The molecule has 0 fully saturated rings. The van der Waals surface area contributed by atoms with Gasteiger partial charge in [-0.3, -0.25) is 4.55 Å². The van der Waals surface area contributed by atoms with Gasteiger partial charge in [0.15, 0.2) is 0 Å². The number of hydrogen-bond donors (Lipinski definition) is 1. The van der Waals surface area contributed by atoms with Gasteiger partial charge in [0.25, 0.3) is 10.1 Å². The monoisotopic (exact) mass is 529 g/mol. The van der Waals surface area contributed by atoms with Crippen molar-refractivity contribution in [2.45, 2.75) is 63.0 Å². The summed E-state index contributed by atoms with van der Waals surface area (Å²) in [4.78, 5) is 2.53. The first-order chi connectivity index (χ1) is 18.5. The van der Waals surface area contributed by atoms with E-state index in [1.165, 1.54) is 33.3 Å². The van der Waals surface area contributed by atoms with E-state index in [1.54, 1.807) is 0 Å². The molecule has 1 unspecified atom stereocenters. The zero-order valence-electron chi connectivity index (χ0n) is 21.6. The topological polar surface area (TPSA) is 69.9 Å². The van der Waals surface area contributed by atoms with E-state index in [0.29, 0.717) is 5.57 Å². The van der Waals surface area contributed by atoms with E-state index in [9.17, 15) is 13.0 Å². The first-order valence-corrected chi connectivity index (χ1v) is 15.8. The molecule has 1 N–H and O–H groups in total. The lowest BCUT2D eigenvalue weighted by Gasteiger charge is -2.39. The van der Waals surface area contributed by atoms with Crippen molar-refractivity contribution in [3.8, 4) is 11.5 Å². The summed E-state index contributed by atoms with van der Waals surface area (Å²) < 4.78 is 45.3. The molecule has 6 nitrogen and oxygen atoms in total. The van der Waals surface area contributed by atoms with Crippen LogP contribution < -0.4 is 24.8 Å². The maximum atomic E-state index is 12.7. The van der Waals surface area contributed by atoms with Crippen molar-refractivity contribution in [2.24, 2.45) is 0 Å². The first kappa shape index (κ1) is 23.0. The molecule has 0 saturated heterocycles. The number of benzene rings is 2. The summed E-state index contributed by atoms with van der Waals surface area (Å²) >= 11 is 0. The van der Waals surface area contributed by atoms with Crippen LogP contribution in [0.2, 0.25) is 0 Å². The van der Waals surface area contributed by atoms with E-state index >= 15 is 0 Å². The minimum atomic E-state index is -4.29. The van der Waals surface area contributed by atoms with Crippen molar-refractivity contribution in [1.82, 2.24) is 4.58 Å². The molecule has 2 aromatic carbocycles. The summed E-state index contributed by atoms with van der Waals surface area (Å²) in [6, 6.07) is 4.56. The zero-order valence-corrected chi connectivity index (χ0v) is 22.4. The number of nitrogens with zero attached hydrogens (tertiary/aromatic N) is 2. The van der Waals surface area contributed by atoms with Crippen LogP contribution in [-0.4, -0.2) is 44.4 Å². The Morgan fingerprint density at radius 1 is 0.921 bits per heavy atom. The van der Waals surface area contributed by atoms with Crippen LogP contribution in [0, 0.1) is 0 Å². The molecule has 7 heteroatoms. The number of aryl methyl sites for hydroxylation is 2. The molecule has 5 heterocycles. The number of hydrogen-bond acceptors (Lipinski definition) is 4. The molecule has 0 aromatic heterocycles. The molecule has 38 heavy (non-hydrogen) atoms. The van der Waals surface area contributed by atoms with Crippen LogP contribution in [0.5, 0.6) is 11.5 Å². The summed E-state index contributed by atoms with van der Waals surface area (Å²) in [6.45, 7) is 4.34. The van der Waals surface area contributed by atoms with Gasteiger partial charge in [-0.15, -0.1) is 0 Å². The Labute approximate surface area is 223 Å². The molecule has 5 aliphatic heterocycles. The van der Waals surface area contributed by atoms with Gasteiger partial charge in [0.2, 0.25) is 5.36 Å². The molecule has 1 atom stereocenters. The van der Waals surface area contributed by atoms with E-state index in [0.717, 1.165) is 105 Å². The van der Waals surface area contributed by atoms with Crippen molar-refractivity contribution in [3.05, 3.63) is 74.3 Å². The molecule has 0 radical (unpaired) electrons. The fraction of sp³-hybridized carbons (Fsp3) is 0.452. The molecule has 8 rings (SSSR count). The Morgan fingerprint density at radius 2 is 1.68 bits per heavy atom. The molecule has 0 bridgehead atoms. The van der Waals surface area contributed by atoms with Crippen LogP contribution in [0.3, 0.4) is 0 Å². The fourth-order valence-corrected chi connectivity index (χ4v) is 8.83. The van der Waals surface area contributed by atoms with E-state index in [1.807, 2.05) is 18.2 Å². The second-order valence-electron chi connectivity index (χ2n) is 11.6. The summed E-state index contributed by atoms with van der Waals surface area (Å²) in [7, 11) is -4.29. The molecule has 0 saturated carbocycles. The maximum Gasteiger partial charge on any atom is 0.272 e. The van der Waals surface area contributed by atoms with Gasteiger partial charge in [-0.25, -0.2) is 4.58 Å². The van der Waals surface area contributed by atoms with Crippen LogP contribution >= 0.6 is 0 Å². The fourth-order valence-electron chi connectivity index (χ4n) is 7.96. The number of allylic oxidation sites excluding steroid dienone is 3. The van der Waals surface area contributed by atoms with Crippen LogP contribution in [0.4, 0.5) is 5.69 Å². The quantitative estimate of drug-likeness (QED) is 0.478. The third-order valence-corrected chi connectivity index (χ3v) is 10.6. The minimum absolute atomic E-state index is 0.275. The SMILES string of the molecule is O=S(=O)(O)C1CC=CC=C1C1=c2cc3c4c(c2Oc2c1cc1c5c2CCCN5CCC1)CCC[N+]=4CCC3. The standard InChI is InChI=1S/C31H32N2O4S/c34-38(35,36)26-12-2-1-9-21(26)27-24-17-19-7-3-13-32-15-5-10-22(28(19)32)30(24)37-31-23-11-6-16-33-14-4-8-20(29(23)33)18-25(27)31/h1-2,9,17-18,26H,3-8,10-16H2/p+1. The van der Waals surface area contributed by atoms with E-state index < -0.39 is 15.4 Å². The second-order valence-corrected chi connectivity index (χ2v) is 13.2. The van der Waals surface area contributed by atoms with Gasteiger partial charge >= 0.3 is 0 Å². The Kier molecular flexibility index (Phi) is 5.03. The Balaban J connectivity index is 1.52. The molecule has 0 spiro atoms. The highest BCUT2D eigenvalue weighted by atomic mass is 32.2. The minimum Gasteiger partial charge on any atom is -0.455 e. The van der Waals surface area contributed by atoms with Crippen LogP contribution in [0.1, 0.15) is 59.9 Å². The average Bonchev–Trinajstić information content (AvgIpc) is 2.92. The van der Waals surface area contributed by atoms with Crippen molar-refractivity contribution >= 4 is 21.4 Å². The number of anilines is 1. The summed E-state index contributed by atoms with van der Waals surface area (Å²) in [6.07, 6.45) is 14.4. The first-order valence-electron chi connectivity index (χ1n) is 14.3. The average molecular weight is 530 g/mol. The molecule has 2 aromatic rings. The summed E-state index contributed by atoms with van der Waals surface area (Å²) in [5.41, 5.74) is 9.22. The Hall–Kier alpha value is -2.90. The predicted octanol–water partition coefficient (Wildman–Crippen LogP) is 3.22. The highest BCUT2D eigenvalue weighted by molar-refractivity contribution is 7.86. The van der Waals surface area contributed by atoms with Gasteiger partial charge < -0.3 is 9.64 Å². The third-order valence-electron chi connectivity index (χ3n) is 9.44. The van der Waals surface area contributed by atoms with Gasteiger partial charge in [-0.05, 0) is 68.2 Å². The highest BCUT2D eigenvalue weighted by Crippen LogP contribution is 2.49. The van der Waals surface area contributed by atoms with E-state index in [-0.39, 0.29) is 6.42 Å². The van der Waals surface area contributed by atoms with Gasteiger partial charge in [-0.1, -0.05) is 18.2 Å². The maximum absolute atomic E-state index is 12.7. The van der Waals surface area contributed by atoms with Gasteiger partial charge in [-0.2, -0.15) is 8.42 Å². The lowest BCUT2D eigenvalue weighted by molar-refractivity contribution is 0.431. The largest absolute Gasteiger partial charge is 0.455 e. The van der Waals surface area contributed by atoms with Crippen molar-refractivity contribution in [1.29, 1.82) is 0 Å². The molecule has 196 valence electrons. The second kappa shape index (κ2) is 8.30. The van der Waals surface area contributed by atoms with E-state index in [4.69, 9.17) is 4.74 Å². The van der Waals surface area contributed by atoms with Crippen molar-refractivity contribution < 1.29 is 17.7 Å². The van der Waals surface area contributed by atoms with Crippen molar-refractivity contribution in [2.75, 3.05) is 31.1 Å². The Bertz CT molecular complexity index is 1710. The normalized spacial score (nSPS) is 23.1. The molecular weight excluding hydrogens is 496 g/mol. The van der Waals surface area contributed by atoms with Gasteiger partial charge in [0, 0.05) is 59.1 Å². The van der Waals surface area contributed by atoms with Gasteiger partial charge in [0.05, 0.1) is 5.56 Å². The molecule has 1 aliphatic carbocycles. The number of fused-ring (bicyclic) bond motifs is 4. The highest BCUT2D eigenvalue weighted by Gasteiger charge is 2.39. The van der Waals surface area contributed by atoms with Gasteiger partial charge in [0.1, 0.15) is 29.8 Å². The Morgan fingerprint density at radius 3 is 2.53 bits per heavy atom. The molecular formula is C31H33N2O4S+. The zero-order chi connectivity index (χ0) is 25.6. The predicted molar refractivity (Wildman–Crippen MR) is 148 cm³/mol. The number of rotatable bonds is 2. The lowest BCUT2D eigenvalue weighted by Crippen LogP contribution is -2.45. The molecule has 6 aliphatic rings. The smallest absolute Gasteiger partial charge is 0.272 e. The van der Waals surface area contributed by atoms with E-state index in [2.05, 4.69) is 21.6 Å². The third kappa shape index (κ3) is 3.27. The lowest BCUT2D eigenvalue weighted by atomic mass is 9.81. The van der Waals surface area contributed by atoms with Crippen LogP contribution in [0.25, 0.3) is 5.57 Å². The molecule has 0 amide bonds. The van der Waals surface area contributed by atoms with Crippen LogP contribution in [0.15, 0.2) is 35.9 Å². The van der Waals surface area contributed by atoms with Crippen molar-refractivity contribution in [3.63, 3.8) is 0 Å². The number of ether oxygens (including phenoxy) is 1.